The predicted molar refractivity (Wildman–Crippen MR) is 117 cm³/mol. The zero-order valence-electron chi connectivity index (χ0n) is 16.8. The van der Waals surface area contributed by atoms with Crippen molar-refractivity contribution in [3.05, 3.63) is 75.0 Å². The highest BCUT2D eigenvalue weighted by atomic mass is 35.5. The van der Waals surface area contributed by atoms with Gasteiger partial charge >= 0.3 is 0 Å². The number of hydrogen-bond donors (Lipinski definition) is 1. The minimum absolute atomic E-state index is 0.0177. The molecule has 9 heteroatoms. The van der Waals surface area contributed by atoms with Crippen LogP contribution >= 0.6 is 11.6 Å². The van der Waals surface area contributed by atoms with E-state index >= 15 is 0 Å². The fourth-order valence-electron chi connectivity index (χ4n) is 3.02. The number of rotatable bonds is 7. The summed E-state index contributed by atoms with van der Waals surface area (Å²) >= 11 is 5.91. The molecule has 0 radical (unpaired) electrons. The Labute approximate surface area is 180 Å². The van der Waals surface area contributed by atoms with Gasteiger partial charge in [-0.2, -0.15) is 5.10 Å². The molecule has 1 N–H and O–H groups in total. The SMILES string of the molecule is COc1cc(C)c(S(=O)(=O)NCCn2nc(-c3ccc(Cl)cc3)ccc2=O)cc1C. The molecule has 0 saturated heterocycles. The van der Waals surface area contributed by atoms with E-state index < -0.39 is 10.0 Å². The van der Waals surface area contributed by atoms with Gasteiger partial charge in [0.2, 0.25) is 10.0 Å². The number of aryl methyl sites for hydroxylation is 2. The van der Waals surface area contributed by atoms with Crippen molar-refractivity contribution in [2.45, 2.75) is 25.3 Å². The van der Waals surface area contributed by atoms with Crippen molar-refractivity contribution < 1.29 is 13.2 Å². The summed E-state index contributed by atoms with van der Waals surface area (Å²) in [6.07, 6.45) is 0. The number of sulfonamides is 1. The van der Waals surface area contributed by atoms with Crippen LogP contribution in [0, 0.1) is 13.8 Å². The third-order valence-corrected chi connectivity index (χ3v) is 6.46. The molecular formula is C21H22ClN3O4S. The van der Waals surface area contributed by atoms with Crippen molar-refractivity contribution >= 4 is 21.6 Å². The van der Waals surface area contributed by atoms with Gasteiger partial charge < -0.3 is 4.74 Å². The smallest absolute Gasteiger partial charge is 0.266 e. The minimum atomic E-state index is -3.75. The Kier molecular flexibility index (Phi) is 6.60. The molecule has 0 bridgehead atoms. The molecule has 3 rings (SSSR count). The maximum atomic E-state index is 12.7. The Bertz CT molecular complexity index is 1220. The van der Waals surface area contributed by atoms with Crippen LogP contribution in [0.25, 0.3) is 11.3 Å². The largest absolute Gasteiger partial charge is 0.496 e. The van der Waals surface area contributed by atoms with Gasteiger partial charge in [0.05, 0.1) is 24.2 Å². The van der Waals surface area contributed by atoms with E-state index in [2.05, 4.69) is 9.82 Å². The van der Waals surface area contributed by atoms with Gasteiger partial charge in [-0.25, -0.2) is 17.8 Å². The van der Waals surface area contributed by atoms with E-state index in [1.165, 1.54) is 17.9 Å². The van der Waals surface area contributed by atoms with Crippen LogP contribution in [0.2, 0.25) is 5.02 Å². The lowest BCUT2D eigenvalue weighted by Gasteiger charge is -2.13. The molecule has 0 amide bonds. The van der Waals surface area contributed by atoms with Crippen molar-refractivity contribution in [2.24, 2.45) is 0 Å². The van der Waals surface area contributed by atoms with E-state index in [4.69, 9.17) is 16.3 Å². The van der Waals surface area contributed by atoms with E-state index in [1.54, 1.807) is 56.3 Å². The summed E-state index contributed by atoms with van der Waals surface area (Å²) in [6, 6.07) is 13.4. The molecular weight excluding hydrogens is 426 g/mol. The van der Waals surface area contributed by atoms with Crippen LogP contribution in [0.15, 0.2) is 58.2 Å². The minimum Gasteiger partial charge on any atom is -0.496 e. The second-order valence-corrected chi connectivity index (χ2v) is 8.94. The molecule has 0 atom stereocenters. The summed E-state index contributed by atoms with van der Waals surface area (Å²) in [5, 5.41) is 4.93. The zero-order chi connectivity index (χ0) is 21.9. The standard InChI is InChI=1S/C21H22ClN3O4S/c1-14-13-20(15(2)12-19(14)29-3)30(27,28)23-10-11-25-21(26)9-8-18(24-25)16-4-6-17(22)7-5-16/h4-9,12-13,23H,10-11H2,1-3H3. The van der Waals surface area contributed by atoms with Crippen LogP contribution in [-0.4, -0.2) is 31.9 Å². The lowest BCUT2D eigenvalue weighted by Crippen LogP contribution is -2.32. The predicted octanol–water partition coefficient (Wildman–Crippen LogP) is 3.17. The summed E-state index contributed by atoms with van der Waals surface area (Å²) in [5.41, 5.74) is 2.37. The number of methoxy groups -OCH3 is 1. The highest BCUT2D eigenvalue weighted by molar-refractivity contribution is 7.89. The first-order valence-electron chi connectivity index (χ1n) is 9.20. The van der Waals surface area contributed by atoms with Crippen molar-refractivity contribution in [3.63, 3.8) is 0 Å². The summed E-state index contributed by atoms with van der Waals surface area (Å²) in [7, 11) is -2.21. The van der Waals surface area contributed by atoms with Crippen molar-refractivity contribution in [1.82, 2.24) is 14.5 Å². The molecule has 158 valence electrons. The van der Waals surface area contributed by atoms with Gasteiger partial charge in [0.1, 0.15) is 5.75 Å². The van der Waals surface area contributed by atoms with E-state index in [0.29, 0.717) is 22.0 Å². The molecule has 30 heavy (non-hydrogen) atoms. The van der Waals surface area contributed by atoms with Gasteiger partial charge in [-0.05, 0) is 55.3 Å². The maximum absolute atomic E-state index is 12.7. The van der Waals surface area contributed by atoms with Gasteiger partial charge in [0.25, 0.3) is 5.56 Å². The number of halogens is 1. The highest BCUT2D eigenvalue weighted by Gasteiger charge is 2.18. The summed E-state index contributed by atoms with van der Waals surface area (Å²) in [6.45, 7) is 3.60. The van der Waals surface area contributed by atoms with Gasteiger partial charge in [-0.3, -0.25) is 4.79 Å². The van der Waals surface area contributed by atoms with Crippen LogP contribution < -0.4 is 15.0 Å². The normalized spacial score (nSPS) is 11.5. The second-order valence-electron chi connectivity index (χ2n) is 6.77. The van der Waals surface area contributed by atoms with E-state index in [9.17, 15) is 13.2 Å². The molecule has 0 aliphatic heterocycles. The summed E-state index contributed by atoms with van der Waals surface area (Å²) < 4.78 is 34.5. The Balaban J connectivity index is 1.76. The van der Waals surface area contributed by atoms with Gasteiger partial charge in [0.15, 0.2) is 0 Å². The fraction of sp³-hybridized carbons (Fsp3) is 0.238. The molecule has 0 saturated carbocycles. The Morgan fingerprint density at radius 3 is 2.43 bits per heavy atom. The molecule has 7 nitrogen and oxygen atoms in total. The van der Waals surface area contributed by atoms with Crippen LogP contribution in [0.3, 0.4) is 0 Å². The number of nitrogens with one attached hydrogen (secondary N) is 1. The van der Waals surface area contributed by atoms with E-state index in [0.717, 1.165) is 11.1 Å². The lowest BCUT2D eigenvalue weighted by molar-refractivity contribution is 0.411. The van der Waals surface area contributed by atoms with Crippen LogP contribution in [0.1, 0.15) is 11.1 Å². The average Bonchev–Trinajstić information content (AvgIpc) is 2.71. The number of benzene rings is 2. The number of ether oxygens (including phenoxy) is 1. The molecule has 0 aliphatic rings. The van der Waals surface area contributed by atoms with Crippen molar-refractivity contribution in [1.29, 1.82) is 0 Å². The molecule has 1 aromatic heterocycles. The monoisotopic (exact) mass is 447 g/mol. The molecule has 3 aromatic rings. The number of hydrogen-bond acceptors (Lipinski definition) is 5. The van der Waals surface area contributed by atoms with Gasteiger partial charge in [-0.15, -0.1) is 0 Å². The third-order valence-electron chi connectivity index (χ3n) is 4.60. The maximum Gasteiger partial charge on any atom is 0.266 e. The third kappa shape index (κ3) is 4.89. The summed E-state index contributed by atoms with van der Waals surface area (Å²) in [5.74, 6) is 0.626. The van der Waals surface area contributed by atoms with Crippen LogP contribution in [0.4, 0.5) is 0 Å². The van der Waals surface area contributed by atoms with Crippen molar-refractivity contribution in [3.8, 4) is 17.0 Å². The Morgan fingerprint density at radius 1 is 1.07 bits per heavy atom. The van der Waals surface area contributed by atoms with E-state index in [-0.39, 0.29) is 23.5 Å². The highest BCUT2D eigenvalue weighted by Crippen LogP contribution is 2.25. The molecule has 0 fully saturated rings. The molecule has 0 unspecified atom stereocenters. The molecule has 0 aliphatic carbocycles. The fourth-order valence-corrected chi connectivity index (χ4v) is 4.48. The number of aromatic nitrogens is 2. The second kappa shape index (κ2) is 8.99. The average molecular weight is 448 g/mol. The first-order chi connectivity index (χ1) is 14.2. The first kappa shape index (κ1) is 22.0. The van der Waals surface area contributed by atoms with Crippen molar-refractivity contribution in [2.75, 3.05) is 13.7 Å². The zero-order valence-corrected chi connectivity index (χ0v) is 18.4. The molecule has 2 aromatic carbocycles. The molecule has 1 heterocycles. The molecule has 0 spiro atoms. The quantitative estimate of drug-likeness (QED) is 0.600. The van der Waals surface area contributed by atoms with Gasteiger partial charge in [-0.1, -0.05) is 23.7 Å². The Morgan fingerprint density at radius 2 is 1.77 bits per heavy atom. The Hall–Kier alpha value is -2.68. The first-order valence-corrected chi connectivity index (χ1v) is 11.1. The topological polar surface area (TPSA) is 90.3 Å². The van der Waals surface area contributed by atoms with Gasteiger partial charge in [0, 0.05) is 23.2 Å². The number of nitrogens with zero attached hydrogens (tertiary/aromatic N) is 2. The van der Waals surface area contributed by atoms with Crippen LogP contribution in [0.5, 0.6) is 5.75 Å². The van der Waals surface area contributed by atoms with E-state index in [1.807, 2.05) is 0 Å². The lowest BCUT2D eigenvalue weighted by atomic mass is 10.1. The summed E-state index contributed by atoms with van der Waals surface area (Å²) in [4.78, 5) is 12.3. The van der Waals surface area contributed by atoms with Crippen LogP contribution in [-0.2, 0) is 16.6 Å².